The van der Waals surface area contributed by atoms with Crippen LogP contribution in [0.25, 0.3) is 0 Å². The van der Waals surface area contributed by atoms with Crippen LogP contribution in [0.5, 0.6) is 0 Å². The predicted octanol–water partition coefficient (Wildman–Crippen LogP) is -0.606. The van der Waals surface area contributed by atoms with Crippen LogP contribution in [0, 0.1) is 10.1 Å². The molecule has 1 heterocycles. The molecule has 1 aliphatic heterocycles. The highest BCUT2D eigenvalue weighted by atomic mass is 17.0. The molecule has 0 aromatic heterocycles. The second-order valence-electron chi connectivity index (χ2n) is 5.07. The summed E-state index contributed by atoms with van der Waals surface area (Å²) < 4.78 is 5.00. The van der Waals surface area contributed by atoms with Gasteiger partial charge in [0, 0.05) is 26.1 Å². The molecule has 0 bridgehead atoms. The monoisotopic (exact) mass is 319 g/mol. The lowest BCUT2D eigenvalue weighted by atomic mass is 10.1. The number of carboxylic acid groups (broad SMARTS) is 1. The molecule has 126 valence electrons. The first-order valence-corrected chi connectivity index (χ1v) is 7.06. The van der Waals surface area contributed by atoms with Crippen LogP contribution in [0.2, 0.25) is 0 Å². The molecule has 0 aromatic rings. The lowest BCUT2D eigenvalue weighted by molar-refractivity contribution is -0.769. The van der Waals surface area contributed by atoms with Crippen molar-refractivity contribution < 1.29 is 29.4 Å². The quantitative estimate of drug-likeness (QED) is 0.323. The standard InChI is InChI=1S/C12H21N3O7/c13-10(12(17)18)1-2-11(16)21-8-7-14-5-3-9(4-6-14)22-15(19)20/h9-10H,1-8,13H2,(H,17,18)/t10-/m0/s1. The van der Waals surface area contributed by atoms with Gasteiger partial charge in [-0.25, -0.2) is 0 Å². The molecule has 22 heavy (non-hydrogen) atoms. The van der Waals surface area contributed by atoms with Crippen molar-refractivity contribution in [3.8, 4) is 0 Å². The summed E-state index contributed by atoms with van der Waals surface area (Å²) in [7, 11) is 0. The number of esters is 1. The van der Waals surface area contributed by atoms with Gasteiger partial charge in [0.2, 0.25) is 0 Å². The van der Waals surface area contributed by atoms with E-state index in [4.69, 9.17) is 15.6 Å². The third-order valence-corrected chi connectivity index (χ3v) is 3.42. The highest BCUT2D eigenvalue weighted by molar-refractivity contribution is 5.75. The Kier molecular flexibility index (Phi) is 7.54. The first kappa shape index (κ1) is 18.1. The first-order valence-electron chi connectivity index (χ1n) is 7.06. The molecular formula is C12H21N3O7. The number of ether oxygens (including phenoxy) is 1. The van der Waals surface area contributed by atoms with Crippen molar-refractivity contribution >= 4 is 11.9 Å². The van der Waals surface area contributed by atoms with Crippen LogP contribution in [0.3, 0.4) is 0 Å². The molecule has 1 saturated heterocycles. The Hall–Kier alpha value is -1.94. The van der Waals surface area contributed by atoms with Crippen molar-refractivity contribution in [1.82, 2.24) is 4.90 Å². The first-order chi connectivity index (χ1) is 10.4. The number of hydrogen-bond acceptors (Lipinski definition) is 8. The van der Waals surface area contributed by atoms with E-state index in [-0.39, 0.29) is 25.6 Å². The number of carbonyl (C=O) groups excluding carboxylic acids is 1. The fraction of sp³-hybridized carbons (Fsp3) is 0.833. The van der Waals surface area contributed by atoms with Gasteiger partial charge >= 0.3 is 11.9 Å². The van der Waals surface area contributed by atoms with E-state index in [1.165, 1.54) is 0 Å². The molecular weight excluding hydrogens is 298 g/mol. The summed E-state index contributed by atoms with van der Waals surface area (Å²) >= 11 is 0. The highest BCUT2D eigenvalue weighted by Crippen LogP contribution is 2.13. The van der Waals surface area contributed by atoms with Crippen molar-refractivity contribution in [2.75, 3.05) is 26.2 Å². The molecule has 10 nitrogen and oxygen atoms in total. The summed E-state index contributed by atoms with van der Waals surface area (Å²) in [6, 6.07) is -1.06. The lowest BCUT2D eigenvalue weighted by Crippen LogP contribution is -2.39. The van der Waals surface area contributed by atoms with Crippen LogP contribution in [0.4, 0.5) is 0 Å². The van der Waals surface area contributed by atoms with Crippen molar-refractivity contribution in [2.24, 2.45) is 5.73 Å². The van der Waals surface area contributed by atoms with Crippen LogP contribution in [0.1, 0.15) is 25.7 Å². The molecule has 0 amide bonds. The Morgan fingerprint density at radius 1 is 1.41 bits per heavy atom. The van der Waals surface area contributed by atoms with E-state index in [1.54, 1.807) is 0 Å². The molecule has 0 spiro atoms. The number of hydrogen-bond donors (Lipinski definition) is 2. The Morgan fingerprint density at radius 3 is 2.59 bits per heavy atom. The van der Waals surface area contributed by atoms with E-state index in [1.807, 2.05) is 4.90 Å². The number of carboxylic acids is 1. The maximum absolute atomic E-state index is 11.4. The molecule has 0 aliphatic carbocycles. The molecule has 10 heteroatoms. The SMILES string of the molecule is N[C@@H](CCC(=O)OCCN1CCC(O[N+](=O)[O-])CC1)C(=O)O. The molecule has 0 saturated carbocycles. The minimum atomic E-state index is -1.15. The molecule has 1 atom stereocenters. The number of likely N-dealkylation sites (tertiary alicyclic amines) is 1. The minimum absolute atomic E-state index is 0.0355. The Bertz CT molecular complexity index is 396. The summed E-state index contributed by atoms with van der Waals surface area (Å²) in [5.74, 6) is -1.63. The third kappa shape index (κ3) is 7.18. The zero-order valence-corrected chi connectivity index (χ0v) is 12.2. The fourth-order valence-electron chi connectivity index (χ4n) is 2.12. The number of carbonyl (C=O) groups is 2. The zero-order valence-electron chi connectivity index (χ0n) is 12.2. The van der Waals surface area contributed by atoms with Gasteiger partial charge in [-0.1, -0.05) is 0 Å². The maximum atomic E-state index is 11.4. The van der Waals surface area contributed by atoms with Crippen molar-refractivity contribution in [3.63, 3.8) is 0 Å². The number of aliphatic carboxylic acids is 1. The lowest BCUT2D eigenvalue weighted by Gasteiger charge is -2.30. The van der Waals surface area contributed by atoms with E-state index in [0.717, 1.165) is 0 Å². The third-order valence-electron chi connectivity index (χ3n) is 3.42. The summed E-state index contributed by atoms with van der Waals surface area (Å²) in [5, 5.41) is 18.0. The summed E-state index contributed by atoms with van der Waals surface area (Å²) in [6.07, 6.45) is 0.751. The van der Waals surface area contributed by atoms with Gasteiger partial charge in [-0.3, -0.25) is 14.5 Å². The molecule has 0 unspecified atom stereocenters. The second kappa shape index (κ2) is 9.15. The van der Waals surface area contributed by atoms with Gasteiger partial charge in [0.1, 0.15) is 18.8 Å². The van der Waals surface area contributed by atoms with Gasteiger partial charge in [0.25, 0.3) is 5.09 Å². The van der Waals surface area contributed by atoms with Crippen molar-refractivity contribution in [2.45, 2.75) is 37.8 Å². The number of nitrogens with zero attached hydrogens (tertiary/aromatic N) is 2. The molecule has 3 N–H and O–H groups in total. The molecule has 0 radical (unpaired) electrons. The van der Waals surface area contributed by atoms with Gasteiger partial charge in [-0.05, 0) is 19.3 Å². The van der Waals surface area contributed by atoms with Gasteiger partial charge in [0.05, 0.1) is 0 Å². The number of rotatable bonds is 9. The van der Waals surface area contributed by atoms with Crippen LogP contribution < -0.4 is 5.73 Å². The minimum Gasteiger partial charge on any atom is -0.480 e. The van der Waals surface area contributed by atoms with Gasteiger partial charge < -0.3 is 20.4 Å². The van der Waals surface area contributed by atoms with Crippen molar-refractivity contribution in [1.29, 1.82) is 0 Å². The van der Waals surface area contributed by atoms with Crippen LogP contribution in [0.15, 0.2) is 0 Å². The molecule has 1 aliphatic rings. The highest BCUT2D eigenvalue weighted by Gasteiger charge is 2.22. The maximum Gasteiger partial charge on any atom is 0.320 e. The normalized spacial score (nSPS) is 17.7. The Balaban J connectivity index is 2.09. The average Bonchev–Trinajstić information content (AvgIpc) is 2.46. The molecule has 1 rings (SSSR count). The Labute approximate surface area is 127 Å². The van der Waals surface area contributed by atoms with E-state index < -0.39 is 23.1 Å². The number of piperidine rings is 1. The van der Waals surface area contributed by atoms with Gasteiger partial charge in [-0.15, -0.1) is 10.1 Å². The second-order valence-corrected chi connectivity index (χ2v) is 5.07. The number of nitrogens with two attached hydrogens (primary N) is 1. The average molecular weight is 319 g/mol. The fourth-order valence-corrected chi connectivity index (χ4v) is 2.12. The van der Waals surface area contributed by atoms with E-state index in [0.29, 0.717) is 32.5 Å². The van der Waals surface area contributed by atoms with Gasteiger partial charge in [-0.2, -0.15) is 0 Å². The van der Waals surface area contributed by atoms with Crippen LogP contribution in [-0.2, 0) is 19.2 Å². The molecule has 0 aromatic carbocycles. The topological polar surface area (TPSA) is 145 Å². The van der Waals surface area contributed by atoms with Crippen molar-refractivity contribution in [3.05, 3.63) is 10.1 Å². The van der Waals surface area contributed by atoms with Crippen LogP contribution >= 0.6 is 0 Å². The summed E-state index contributed by atoms with van der Waals surface area (Å²) in [5.41, 5.74) is 5.28. The Morgan fingerprint density at radius 2 is 2.05 bits per heavy atom. The van der Waals surface area contributed by atoms with Gasteiger partial charge in [0.15, 0.2) is 0 Å². The predicted molar refractivity (Wildman–Crippen MR) is 73.3 cm³/mol. The van der Waals surface area contributed by atoms with E-state index in [2.05, 4.69) is 4.84 Å². The van der Waals surface area contributed by atoms with E-state index in [9.17, 15) is 19.7 Å². The summed E-state index contributed by atoms with van der Waals surface area (Å²) in [4.78, 5) is 38.6. The largest absolute Gasteiger partial charge is 0.480 e. The zero-order chi connectivity index (χ0) is 16.5. The van der Waals surface area contributed by atoms with E-state index >= 15 is 0 Å². The van der Waals surface area contributed by atoms with Crippen LogP contribution in [-0.4, -0.2) is 65.4 Å². The smallest absolute Gasteiger partial charge is 0.320 e. The summed E-state index contributed by atoms with van der Waals surface area (Å²) in [6.45, 7) is 2.00. The molecule has 1 fully saturated rings.